The molecule has 0 atom stereocenters. The number of rotatable bonds is 6. The first-order valence-corrected chi connectivity index (χ1v) is 8.80. The molecular weight excluding hydrogens is 346 g/mol. The van der Waals surface area contributed by atoms with Crippen LogP contribution >= 0.6 is 11.6 Å². The summed E-state index contributed by atoms with van der Waals surface area (Å²) < 4.78 is 5.08. The number of carbonyl (C=O) groups is 3. The summed E-state index contributed by atoms with van der Waals surface area (Å²) in [4.78, 5) is 38.1. The van der Waals surface area contributed by atoms with E-state index in [1.165, 1.54) is 4.90 Å². The Hall–Kier alpha value is -1.96. The molecule has 25 heavy (non-hydrogen) atoms. The third-order valence-electron chi connectivity index (χ3n) is 4.39. The standard InChI is InChI=1S/C17H20ClN3O4/c18-7-10-25-11-15(22)19-20-8-5-12(6-9-20)21-16(23)13-3-1-2-4-14(13)17(21)24/h1-4,12H,5-11H2,(H,19,22). The highest BCUT2D eigenvalue weighted by Crippen LogP contribution is 2.28. The summed E-state index contributed by atoms with van der Waals surface area (Å²) in [5.74, 6) is -0.335. The summed E-state index contributed by atoms with van der Waals surface area (Å²) in [7, 11) is 0. The van der Waals surface area contributed by atoms with Gasteiger partial charge in [-0.3, -0.25) is 24.7 Å². The molecule has 134 valence electrons. The predicted octanol–water partition coefficient (Wildman–Crippen LogP) is 1.03. The summed E-state index contributed by atoms with van der Waals surface area (Å²) in [5.41, 5.74) is 3.71. The van der Waals surface area contributed by atoms with Crippen LogP contribution in [-0.2, 0) is 9.53 Å². The summed E-state index contributed by atoms with van der Waals surface area (Å²) >= 11 is 5.49. The zero-order valence-electron chi connectivity index (χ0n) is 13.7. The number of benzene rings is 1. The van der Waals surface area contributed by atoms with Crippen molar-refractivity contribution in [2.45, 2.75) is 18.9 Å². The van der Waals surface area contributed by atoms with Crippen LogP contribution in [0.25, 0.3) is 0 Å². The van der Waals surface area contributed by atoms with E-state index in [0.717, 1.165) is 0 Å². The smallest absolute Gasteiger partial charge is 0.261 e. The Morgan fingerprint density at radius 1 is 1.16 bits per heavy atom. The number of ether oxygens (including phenoxy) is 1. The zero-order valence-corrected chi connectivity index (χ0v) is 14.5. The van der Waals surface area contributed by atoms with Crippen LogP contribution in [0.15, 0.2) is 24.3 Å². The molecule has 0 spiro atoms. The maximum absolute atomic E-state index is 12.5. The van der Waals surface area contributed by atoms with E-state index in [1.807, 2.05) is 0 Å². The lowest BCUT2D eigenvalue weighted by molar-refractivity contribution is -0.131. The Balaban J connectivity index is 1.52. The number of nitrogens with one attached hydrogen (secondary N) is 1. The monoisotopic (exact) mass is 365 g/mol. The number of hydrazine groups is 1. The molecule has 2 heterocycles. The molecule has 1 fully saturated rings. The minimum atomic E-state index is -0.232. The van der Waals surface area contributed by atoms with Crippen molar-refractivity contribution in [1.29, 1.82) is 0 Å². The number of nitrogens with zero attached hydrogens (tertiary/aromatic N) is 2. The van der Waals surface area contributed by atoms with Gasteiger partial charge in [0.1, 0.15) is 6.61 Å². The fraction of sp³-hybridized carbons (Fsp3) is 0.471. The molecule has 1 N–H and O–H groups in total. The van der Waals surface area contributed by atoms with Crippen LogP contribution in [0.3, 0.4) is 0 Å². The van der Waals surface area contributed by atoms with E-state index in [1.54, 1.807) is 29.3 Å². The van der Waals surface area contributed by atoms with Gasteiger partial charge in [-0.25, -0.2) is 5.01 Å². The first-order valence-electron chi connectivity index (χ1n) is 8.27. The average molecular weight is 366 g/mol. The molecule has 0 unspecified atom stereocenters. The van der Waals surface area contributed by atoms with Gasteiger partial charge in [0.2, 0.25) is 0 Å². The number of amides is 3. The number of imide groups is 1. The van der Waals surface area contributed by atoms with E-state index in [2.05, 4.69) is 5.43 Å². The normalized spacial score (nSPS) is 18.5. The van der Waals surface area contributed by atoms with Gasteiger partial charge >= 0.3 is 0 Å². The minimum Gasteiger partial charge on any atom is -0.370 e. The van der Waals surface area contributed by atoms with Crippen molar-refractivity contribution in [3.63, 3.8) is 0 Å². The highest BCUT2D eigenvalue weighted by atomic mass is 35.5. The van der Waals surface area contributed by atoms with E-state index >= 15 is 0 Å². The second kappa shape index (κ2) is 7.95. The van der Waals surface area contributed by atoms with Crippen molar-refractivity contribution in [2.75, 3.05) is 32.2 Å². The van der Waals surface area contributed by atoms with Crippen LogP contribution < -0.4 is 5.43 Å². The molecule has 0 bridgehead atoms. The third-order valence-corrected chi connectivity index (χ3v) is 4.55. The van der Waals surface area contributed by atoms with Gasteiger partial charge in [-0.05, 0) is 25.0 Å². The lowest BCUT2D eigenvalue weighted by atomic mass is 10.0. The van der Waals surface area contributed by atoms with E-state index in [4.69, 9.17) is 16.3 Å². The van der Waals surface area contributed by atoms with Crippen LogP contribution in [0, 0.1) is 0 Å². The quantitative estimate of drug-likeness (QED) is 0.463. The Morgan fingerprint density at radius 2 is 1.76 bits per heavy atom. The Labute approximate surface area is 150 Å². The molecule has 3 rings (SSSR count). The van der Waals surface area contributed by atoms with E-state index < -0.39 is 0 Å². The molecule has 3 amide bonds. The average Bonchev–Trinajstić information content (AvgIpc) is 2.88. The minimum absolute atomic E-state index is 0.0367. The van der Waals surface area contributed by atoms with Crippen molar-refractivity contribution in [1.82, 2.24) is 15.3 Å². The summed E-state index contributed by atoms with van der Waals surface area (Å²) in [6.45, 7) is 1.43. The van der Waals surface area contributed by atoms with E-state index in [-0.39, 0.29) is 30.4 Å². The lowest BCUT2D eigenvalue weighted by Crippen LogP contribution is -2.52. The number of fused-ring (bicyclic) bond motifs is 1. The molecule has 1 aromatic carbocycles. The van der Waals surface area contributed by atoms with Gasteiger partial charge in [-0.1, -0.05) is 12.1 Å². The third kappa shape index (κ3) is 3.84. The molecule has 0 saturated carbocycles. The van der Waals surface area contributed by atoms with Gasteiger partial charge in [-0.15, -0.1) is 11.6 Å². The SMILES string of the molecule is O=C(COCCCl)NN1CCC(N2C(=O)c3ccccc3C2=O)CC1. The summed E-state index contributed by atoms with van der Waals surface area (Å²) in [6, 6.07) is 6.75. The molecule has 0 aromatic heterocycles. The first kappa shape index (κ1) is 17.8. The fourth-order valence-electron chi connectivity index (χ4n) is 3.20. The van der Waals surface area contributed by atoms with Crippen molar-refractivity contribution >= 4 is 29.3 Å². The van der Waals surface area contributed by atoms with Crippen LogP contribution in [0.5, 0.6) is 0 Å². The number of halogens is 1. The van der Waals surface area contributed by atoms with Crippen molar-refractivity contribution in [2.24, 2.45) is 0 Å². The molecule has 0 radical (unpaired) electrons. The largest absolute Gasteiger partial charge is 0.370 e. The van der Waals surface area contributed by atoms with Gasteiger partial charge in [0.05, 0.1) is 17.7 Å². The van der Waals surface area contributed by atoms with Crippen LogP contribution in [0.2, 0.25) is 0 Å². The molecular formula is C17H20ClN3O4. The molecule has 2 aliphatic heterocycles. The number of alkyl halides is 1. The highest BCUT2D eigenvalue weighted by Gasteiger charge is 2.40. The number of hydrogen-bond acceptors (Lipinski definition) is 5. The van der Waals surface area contributed by atoms with Crippen molar-refractivity contribution in [3.8, 4) is 0 Å². The molecule has 8 heteroatoms. The fourth-order valence-corrected chi connectivity index (χ4v) is 3.31. The maximum atomic E-state index is 12.5. The lowest BCUT2D eigenvalue weighted by Gasteiger charge is -2.35. The van der Waals surface area contributed by atoms with Gasteiger partial charge in [0.25, 0.3) is 17.7 Å². The molecule has 0 aliphatic carbocycles. The number of piperidine rings is 1. The maximum Gasteiger partial charge on any atom is 0.261 e. The van der Waals surface area contributed by atoms with Gasteiger partial charge in [-0.2, -0.15) is 0 Å². The van der Waals surface area contributed by atoms with Crippen molar-refractivity contribution < 1.29 is 19.1 Å². The van der Waals surface area contributed by atoms with Gasteiger partial charge in [0.15, 0.2) is 0 Å². The molecule has 7 nitrogen and oxygen atoms in total. The van der Waals surface area contributed by atoms with E-state index in [9.17, 15) is 14.4 Å². The Kier molecular flexibility index (Phi) is 5.67. The molecule has 1 aromatic rings. The topological polar surface area (TPSA) is 79.0 Å². The van der Waals surface area contributed by atoms with Crippen LogP contribution in [-0.4, -0.2) is 65.9 Å². The second-order valence-electron chi connectivity index (χ2n) is 6.02. The summed E-state index contributed by atoms with van der Waals surface area (Å²) in [5, 5.41) is 1.79. The van der Waals surface area contributed by atoms with Gasteiger partial charge in [0, 0.05) is 25.0 Å². The Bertz CT molecular complexity index is 639. The highest BCUT2D eigenvalue weighted by molar-refractivity contribution is 6.21. The zero-order chi connectivity index (χ0) is 17.8. The predicted molar refractivity (Wildman–Crippen MR) is 91.2 cm³/mol. The number of hydrogen-bond donors (Lipinski definition) is 1. The molecule has 1 saturated heterocycles. The first-order chi connectivity index (χ1) is 12.1. The van der Waals surface area contributed by atoms with Crippen LogP contribution in [0.4, 0.5) is 0 Å². The van der Waals surface area contributed by atoms with Gasteiger partial charge < -0.3 is 4.74 Å². The second-order valence-corrected chi connectivity index (χ2v) is 6.40. The van der Waals surface area contributed by atoms with Crippen LogP contribution in [0.1, 0.15) is 33.6 Å². The summed E-state index contributed by atoms with van der Waals surface area (Å²) in [6.07, 6.45) is 1.24. The Morgan fingerprint density at radius 3 is 2.32 bits per heavy atom. The van der Waals surface area contributed by atoms with E-state index in [0.29, 0.717) is 49.5 Å². The molecule has 2 aliphatic rings. The number of carbonyl (C=O) groups excluding carboxylic acids is 3. The van der Waals surface area contributed by atoms with Crippen molar-refractivity contribution in [3.05, 3.63) is 35.4 Å².